The van der Waals surface area contributed by atoms with E-state index in [9.17, 15) is 0 Å². The molecule has 2 rings (SSSR count). The molecule has 1 aliphatic heterocycles. The van der Waals surface area contributed by atoms with Crippen LogP contribution in [-0.4, -0.2) is 48.0 Å². The van der Waals surface area contributed by atoms with Gasteiger partial charge in [-0.15, -0.1) is 0 Å². The highest BCUT2D eigenvalue weighted by Gasteiger charge is 2.25. The molecule has 7 heteroatoms. The molecule has 1 aromatic rings. The van der Waals surface area contributed by atoms with Gasteiger partial charge in [-0.1, -0.05) is 11.6 Å². The zero-order valence-corrected chi connectivity index (χ0v) is 12.9. The minimum Gasteiger partial charge on any atom is -0.378 e. The summed E-state index contributed by atoms with van der Waals surface area (Å²) in [5.41, 5.74) is 3.81. The van der Waals surface area contributed by atoms with E-state index in [0.717, 1.165) is 44.7 Å². The van der Waals surface area contributed by atoms with Gasteiger partial charge in [0, 0.05) is 13.2 Å². The van der Waals surface area contributed by atoms with Crippen molar-refractivity contribution in [2.24, 2.45) is 5.84 Å². The van der Waals surface area contributed by atoms with Crippen LogP contribution in [0.5, 0.6) is 0 Å². The van der Waals surface area contributed by atoms with Crippen LogP contribution >= 0.6 is 11.6 Å². The fraction of sp³-hybridized carbons (Fsp3) is 0.769. The second-order valence-corrected chi connectivity index (χ2v) is 5.90. The molecule has 1 saturated heterocycles. The molecule has 0 saturated carbocycles. The van der Waals surface area contributed by atoms with E-state index in [1.807, 2.05) is 18.8 Å². The second kappa shape index (κ2) is 7.38. The minimum absolute atomic E-state index is 0.0322. The van der Waals surface area contributed by atoms with Gasteiger partial charge in [-0.25, -0.2) is 0 Å². The number of hydrazine groups is 1. The second-order valence-electron chi connectivity index (χ2n) is 5.49. The monoisotopic (exact) mass is 301 g/mol. The number of aromatic nitrogens is 2. The third-order valence-corrected chi connectivity index (χ3v) is 3.94. The van der Waals surface area contributed by atoms with Crippen molar-refractivity contribution in [1.82, 2.24) is 20.1 Å². The molecule has 1 fully saturated rings. The van der Waals surface area contributed by atoms with Crippen molar-refractivity contribution in [3.8, 4) is 0 Å². The van der Waals surface area contributed by atoms with Gasteiger partial charge in [0.1, 0.15) is 0 Å². The van der Waals surface area contributed by atoms with Crippen molar-refractivity contribution in [3.63, 3.8) is 0 Å². The maximum atomic E-state index is 6.29. The summed E-state index contributed by atoms with van der Waals surface area (Å²) in [6, 6.07) is -0.0322. The van der Waals surface area contributed by atoms with Crippen LogP contribution in [0.4, 0.5) is 0 Å². The molecule has 0 radical (unpaired) electrons. The molecule has 6 nitrogen and oxygen atoms in total. The highest BCUT2D eigenvalue weighted by Crippen LogP contribution is 2.29. The fourth-order valence-corrected chi connectivity index (χ4v) is 2.82. The Morgan fingerprint density at radius 3 is 3.05 bits per heavy atom. The predicted octanol–water partition coefficient (Wildman–Crippen LogP) is 1.17. The highest BCUT2D eigenvalue weighted by molar-refractivity contribution is 6.31. The van der Waals surface area contributed by atoms with Gasteiger partial charge in [0.05, 0.1) is 35.6 Å². The molecule has 2 unspecified atom stereocenters. The van der Waals surface area contributed by atoms with Gasteiger partial charge in [-0.3, -0.25) is 16.0 Å². The molecule has 0 amide bonds. The Kier molecular flexibility index (Phi) is 5.80. The Bertz CT molecular complexity index is 417. The van der Waals surface area contributed by atoms with Crippen LogP contribution in [0.3, 0.4) is 0 Å². The lowest BCUT2D eigenvalue weighted by Crippen LogP contribution is -2.33. The van der Waals surface area contributed by atoms with Crippen LogP contribution in [0.15, 0.2) is 6.20 Å². The lowest BCUT2D eigenvalue weighted by Gasteiger charge is -2.22. The summed E-state index contributed by atoms with van der Waals surface area (Å²) in [7, 11) is 4.08. The number of likely N-dealkylation sites (N-methyl/N-ethyl adjacent to an activating group) is 1. The summed E-state index contributed by atoms with van der Waals surface area (Å²) in [6.45, 7) is 2.54. The zero-order chi connectivity index (χ0) is 14.5. The molecule has 20 heavy (non-hydrogen) atoms. The predicted molar refractivity (Wildman–Crippen MR) is 79.4 cm³/mol. The quantitative estimate of drug-likeness (QED) is 0.584. The van der Waals surface area contributed by atoms with Gasteiger partial charge >= 0.3 is 0 Å². The van der Waals surface area contributed by atoms with Crippen molar-refractivity contribution < 1.29 is 4.74 Å². The van der Waals surface area contributed by atoms with E-state index in [-0.39, 0.29) is 12.1 Å². The normalized spacial score (nSPS) is 20.8. The van der Waals surface area contributed by atoms with Gasteiger partial charge in [0.25, 0.3) is 0 Å². The number of rotatable bonds is 7. The van der Waals surface area contributed by atoms with E-state index in [0.29, 0.717) is 5.02 Å². The summed E-state index contributed by atoms with van der Waals surface area (Å²) in [4.78, 5) is 2.12. The summed E-state index contributed by atoms with van der Waals surface area (Å²) in [6.07, 6.45) is 4.97. The lowest BCUT2D eigenvalue weighted by molar-refractivity contribution is 0.0935. The molecular weight excluding hydrogens is 278 g/mol. The Morgan fingerprint density at radius 2 is 2.45 bits per heavy atom. The van der Waals surface area contributed by atoms with Crippen LogP contribution in [0, 0.1) is 0 Å². The van der Waals surface area contributed by atoms with Crippen molar-refractivity contribution >= 4 is 11.6 Å². The summed E-state index contributed by atoms with van der Waals surface area (Å²) < 4.78 is 7.62. The Balaban J connectivity index is 2.08. The van der Waals surface area contributed by atoms with Crippen molar-refractivity contribution in [3.05, 3.63) is 16.9 Å². The van der Waals surface area contributed by atoms with Gasteiger partial charge in [0.2, 0.25) is 0 Å². The van der Waals surface area contributed by atoms with Crippen molar-refractivity contribution in [2.75, 3.05) is 27.2 Å². The maximum Gasteiger partial charge on any atom is 0.0834 e. The molecule has 114 valence electrons. The molecule has 2 atom stereocenters. The summed E-state index contributed by atoms with van der Waals surface area (Å²) in [5, 5.41) is 5.01. The van der Waals surface area contributed by atoms with Crippen LogP contribution < -0.4 is 11.3 Å². The fourth-order valence-electron chi connectivity index (χ4n) is 2.54. The summed E-state index contributed by atoms with van der Waals surface area (Å²) in [5.74, 6) is 5.72. The molecule has 3 N–H and O–H groups in total. The largest absolute Gasteiger partial charge is 0.378 e. The molecule has 0 aromatic carbocycles. The van der Waals surface area contributed by atoms with Crippen LogP contribution in [-0.2, 0) is 11.3 Å². The Labute approximate surface area is 125 Å². The molecule has 0 spiro atoms. The van der Waals surface area contributed by atoms with Gasteiger partial charge in [-0.05, 0) is 33.4 Å². The van der Waals surface area contributed by atoms with Gasteiger partial charge in [-0.2, -0.15) is 5.10 Å². The van der Waals surface area contributed by atoms with E-state index in [4.69, 9.17) is 22.2 Å². The standard InChI is InChI=1S/C13H24ClN5O/c1-18(2)5-6-19-13(11(14)9-16-19)12(17-15)8-10-4-3-7-20-10/h9-10,12,17H,3-8,15H2,1-2H3. The number of hydrogen-bond donors (Lipinski definition) is 2. The summed E-state index contributed by atoms with van der Waals surface area (Å²) >= 11 is 6.29. The van der Waals surface area contributed by atoms with E-state index in [2.05, 4.69) is 15.4 Å². The third kappa shape index (κ3) is 3.93. The van der Waals surface area contributed by atoms with E-state index < -0.39 is 0 Å². The first-order valence-corrected chi connectivity index (χ1v) is 7.43. The number of halogens is 1. The van der Waals surface area contributed by atoms with Crippen molar-refractivity contribution in [1.29, 1.82) is 0 Å². The van der Waals surface area contributed by atoms with Crippen molar-refractivity contribution in [2.45, 2.75) is 38.0 Å². The minimum atomic E-state index is -0.0322. The molecule has 1 aromatic heterocycles. The molecule has 1 aliphatic rings. The average molecular weight is 302 g/mol. The van der Waals surface area contributed by atoms with E-state index >= 15 is 0 Å². The molecule has 0 aliphatic carbocycles. The topological polar surface area (TPSA) is 68.3 Å². The van der Waals surface area contributed by atoms with E-state index in [1.165, 1.54) is 0 Å². The number of nitrogens with two attached hydrogens (primary N) is 1. The number of hydrogen-bond acceptors (Lipinski definition) is 5. The lowest BCUT2D eigenvalue weighted by atomic mass is 10.0. The Morgan fingerprint density at radius 1 is 1.65 bits per heavy atom. The number of nitrogens with zero attached hydrogens (tertiary/aromatic N) is 3. The molecule has 2 heterocycles. The van der Waals surface area contributed by atoms with Crippen LogP contribution in [0.25, 0.3) is 0 Å². The van der Waals surface area contributed by atoms with Crippen LogP contribution in [0.1, 0.15) is 31.0 Å². The first-order chi connectivity index (χ1) is 9.61. The first kappa shape index (κ1) is 15.7. The molecule has 0 bridgehead atoms. The molecular formula is C13H24ClN5O. The van der Waals surface area contributed by atoms with E-state index in [1.54, 1.807) is 6.20 Å². The van der Waals surface area contributed by atoms with Gasteiger partial charge < -0.3 is 9.64 Å². The van der Waals surface area contributed by atoms with Gasteiger partial charge in [0.15, 0.2) is 0 Å². The SMILES string of the molecule is CN(C)CCn1ncc(Cl)c1C(CC1CCCO1)NN. The average Bonchev–Trinajstić information content (AvgIpc) is 3.03. The Hall–Kier alpha value is -0.660. The number of nitrogens with one attached hydrogen (secondary N) is 1. The van der Waals surface area contributed by atoms with Crippen LogP contribution in [0.2, 0.25) is 5.02 Å². The first-order valence-electron chi connectivity index (χ1n) is 7.05. The maximum absolute atomic E-state index is 6.29. The number of ether oxygens (including phenoxy) is 1. The smallest absolute Gasteiger partial charge is 0.0834 e. The zero-order valence-electron chi connectivity index (χ0n) is 12.2. The third-order valence-electron chi connectivity index (χ3n) is 3.65. The highest BCUT2D eigenvalue weighted by atomic mass is 35.5.